The van der Waals surface area contributed by atoms with Crippen LogP contribution in [0.15, 0.2) is 45.9 Å². The molecule has 2 aromatic carbocycles. The molecule has 0 aliphatic heterocycles. The van der Waals surface area contributed by atoms with E-state index in [-0.39, 0.29) is 21.2 Å². The number of aryl methyl sites for hydroxylation is 4. The highest BCUT2D eigenvalue weighted by atomic mass is 35.5. The first-order valence-electron chi connectivity index (χ1n) is 8.71. The Balaban J connectivity index is 1.91. The number of anilines is 2. The zero-order valence-corrected chi connectivity index (χ0v) is 17.9. The molecule has 0 aliphatic carbocycles. The Morgan fingerprint density at radius 1 is 1.07 bits per heavy atom. The first-order valence-corrected chi connectivity index (χ1v) is 10.6. The van der Waals surface area contributed by atoms with Crippen LogP contribution in [0.4, 0.5) is 11.4 Å². The second-order valence-electron chi connectivity index (χ2n) is 6.78. The zero-order valence-electron chi connectivity index (χ0n) is 16.3. The zero-order chi connectivity index (χ0) is 21.3. The number of sulfonamides is 1. The standard InChI is InChI=1S/C20H20ClN3O4S/c1-11-7-12(2)19(13(3)8-11)29(26,27)24-18-9-15(5-6-17(18)21)23-20(25)16-10-22-28-14(16)4/h5-10,24H,1-4H3,(H,23,25). The largest absolute Gasteiger partial charge is 0.361 e. The maximum absolute atomic E-state index is 13.0. The summed E-state index contributed by atoms with van der Waals surface area (Å²) in [6.45, 7) is 7.02. The SMILES string of the molecule is Cc1cc(C)c(S(=O)(=O)Nc2cc(NC(=O)c3cnoc3C)ccc2Cl)c(C)c1. The van der Waals surface area contributed by atoms with Crippen LogP contribution >= 0.6 is 11.6 Å². The number of carbonyl (C=O) groups excluding carboxylic acids is 1. The summed E-state index contributed by atoms with van der Waals surface area (Å²) in [5.41, 5.74) is 3.07. The van der Waals surface area contributed by atoms with Gasteiger partial charge < -0.3 is 9.84 Å². The molecule has 1 aromatic heterocycles. The molecule has 3 aromatic rings. The van der Waals surface area contributed by atoms with E-state index in [1.165, 1.54) is 18.3 Å². The smallest absolute Gasteiger partial charge is 0.262 e. The molecule has 0 atom stereocenters. The maximum Gasteiger partial charge on any atom is 0.262 e. The highest BCUT2D eigenvalue weighted by Gasteiger charge is 2.21. The molecule has 0 radical (unpaired) electrons. The predicted octanol–water partition coefficient (Wildman–Crippen LogP) is 4.61. The van der Waals surface area contributed by atoms with Gasteiger partial charge in [-0.15, -0.1) is 0 Å². The molecule has 0 spiro atoms. The van der Waals surface area contributed by atoms with Gasteiger partial charge in [-0.25, -0.2) is 8.42 Å². The van der Waals surface area contributed by atoms with Crippen LogP contribution < -0.4 is 10.0 Å². The van der Waals surface area contributed by atoms with Crippen LogP contribution in [0.5, 0.6) is 0 Å². The molecule has 2 N–H and O–H groups in total. The number of benzene rings is 2. The second-order valence-corrected chi connectivity index (χ2v) is 8.80. The Morgan fingerprint density at radius 2 is 1.72 bits per heavy atom. The molecule has 0 saturated heterocycles. The average Bonchev–Trinajstić information content (AvgIpc) is 3.02. The number of amides is 1. The van der Waals surface area contributed by atoms with Gasteiger partial charge in [-0.1, -0.05) is 34.5 Å². The third-order valence-corrected chi connectivity index (χ3v) is 6.34. The van der Waals surface area contributed by atoms with Gasteiger partial charge in [0.25, 0.3) is 15.9 Å². The number of nitrogens with one attached hydrogen (secondary N) is 2. The molecule has 0 aliphatic rings. The molecule has 7 nitrogen and oxygen atoms in total. The lowest BCUT2D eigenvalue weighted by atomic mass is 10.1. The number of nitrogens with zero attached hydrogens (tertiary/aromatic N) is 1. The van der Waals surface area contributed by atoms with Crippen molar-refractivity contribution in [2.75, 3.05) is 10.0 Å². The fourth-order valence-corrected chi connectivity index (χ4v) is 4.93. The Bertz CT molecular complexity index is 1180. The first kappa shape index (κ1) is 20.9. The van der Waals surface area contributed by atoms with Crippen LogP contribution in [0.1, 0.15) is 32.8 Å². The lowest BCUT2D eigenvalue weighted by molar-refractivity contribution is 0.102. The molecule has 0 unspecified atom stereocenters. The van der Waals surface area contributed by atoms with Crippen molar-refractivity contribution in [2.24, 2.45) is 0 Å². The summed E-state index contributed by atoms with van der Waals surface area (Å²) in [7, 11) is -3.88. The number of hydrogen-bond donors (Lipinski definition) is 2. The van der Waals surface area contributed by atoms with Crippen LogP contribution in [-0.4, -0.2) is 19.5 Å². The third-order valence-electron chi connectivity index (χ3n) is 4.34. The van der Waals surface area contributed by atoms with Crippen LogP contribution in [0, 0.1) is 27.7 Å². The van der Waals surface area contributed by atoms with Crippen molar-refractivity contribution in [1.82, 2.24) is 5.16 Å². The van der Waals surface area contributed by atoms with E-state index in [1.54, 1.807) is 39.0 Å². The van der Waals surface area contributed by atoms with E-state index in [0.29, 0.717) is 22.6 Å². The number of halogens is 1. The molecule has 3 rings (SSSR count). The van der Waals surface area contributed by atoms with Crippen molar-refractivity contribution < 1.29 is 17.7 Å². The van der Waals surface area contributed by atoms with Gasteiger partial charge in [0.1, 0.15) is 11.3 Å². The fraction of sp³-hybridized carbons (Fsp3) is 0.200. The van der Waals surface area contributed by atoms with E-state index >= 15 is 0 Å². The van der Waals surface area contributed by atoms with Gasteiger partial charge in [-0.05, 0) is 57.0 Å². The molecular formula is C20H20ClN3O4S. The lowest BCUT2D eigenvalue weighted by Crippen LogP contribution is -2.17. The van der Waals surface area contributed by atoms with E-state index < -0.39 is 15.9 Å². The van der Waals surface area contributed by atoms with Gasteiger partial charge in [-0.3, -0.25) is 9.52 Å². The van der Waals surface area contributed by atoms with Crippen LogP contribution in [0.3, 0.4) is 0 Å². The van der Waals surface area contributed by atoms with Gasteiger partial charge in [0, 0.05) is 5.69 Å². The van der Waals surface area contributed by atoms with Crippen molar-refractivity contribution in [3.05, 3.63) is 69.6 Å². The molecular weight excluding hydrogens is 414 g/mol. The molecule has 9 heteroatoms. The highest BCUT2D eigenvalue weighted by Crippen LogP contribution is 2.30. The summed E-state index contributed by atoms with van der Waals surface area (Å²) in [4.78, 5) is 12.5. The fourth-order valence-electron chi connectivity index (χ4n) is 3.18. The minimum absolute atomic E-state index is 0.158. The highest BCUT2D eigenvalue weighted by molar-refractivity contribution is 7.92. The third kappa shape index (κ3) is 4.44. The minimum Gasteiger partial charge on any atom is -0.361 e. The minimum atomic E-state index is -3.88. The summed E-state index contributed by atoms with van der Waals surface area (Å²) in [6, 6.07) is 8.15. The first-order chi connectivity index (χ1) is 13.6. The van der Waals surface area contributed by atoms with Gasteiger partial charge in [-0.2, -0.15) is 0 Å². The molecule has 0 fully saturated rings. The second kappa shape index (κ2) is 7.88. The molecule has 152 valence electrons. The van der Waals surface area contributed by atoms with E-state index in [0.717, 1.165) is 5.56 Å². The monoisotopic (exact) mass is 433 g/mol. The molecule has 0 bridgehead atoms. The van der Waals surface area contributed by atoms with Gasteiger partial charge in [0.2, 0.25) is 0 Å². The Kier molecular flexibility index (Phi) is 5.68. The Labute approximate surface area is 174 Å². The summed E-state index contributed by atoms with van der Waals surface area (Å²) >= 11 is 6.19. The summed E-state index contributed by atoms with van der Waals surface area (Å²) in [5.74, 6) is -0.0483. The van der Waals surface area contributed by atoms with Crippen LogP contribution in [0.25, 0.3) is 0 Å². The average molecular weight is 434 g/mol. The van der Waals surface area contributed by atoms with E-state index in [2.05, 4.69) is 15.2 Å². The predicted molar refractivity (Wildman–Crippen MR) is 112 cm³/mol. The topological polar surface area (TPSA) is 101 Å². The van der Waals surface area contributed by atoms with Gasteiger partial charge in [0.05, 0.1) is 21.8 Å². The lowest BCUT2D eigenvalue weighted by Gasteiger charge is -2.15. The van der Waals surface area contributed by atoms with Crippen molar-refractivity contribution in [2.45, 2.75) is 32.6 Å². The van der Waals surface area contributed by atoms with Crippen molar-refractivity contribution in [1.29, 1.82) is 0 Å². The number of rotatable bonds is 5. The van der Waals surface area contributed by atoms with Gasteiger partial charge >= 0.3 is 0 Å². The number of aromatic nitrogens is 1. The van der Waals surface area contributed by atoms with E-state index in [9.17, 15) is 13.2 Å². The van der Waals surface area contributed by atoms with Crippen molar-refractivity contribution in [3.63, 3.8) is 0 Å². The molecule has 1 heterocycles. The van der Waals surface area contributed by atoms with E-state index in [4.69, 9.17) is 16.1 Å². The van der Waals surface area contributed by atoms with Crippen LogP contribution in [-0.2, 0) is 10.0 Å². The maximum atomic E-state index is 13.0. The molecule has 29 heavy (non-hydrogen) atoms. The van der Waals surface area contributed by atoms with Crippen LogP contribution in [0.2, 0.25) is 5.02 Å². The Morgan fingerprint density at radius 3 is 2.31 bits per heavy atom. The number of carbonyl (C=O) groups is 1. The molecule has 1 amide bonds. The number of hydrogen-bond acceptors (Lipinski definition) is 5. The summed E-state index contributed by atoms with van der Waals surface area (Å²) < 4.78 is 33.4. The van der Waals surface area contributed by atoms with Gasteiger partial charge in [0.15, 0.2) is 0 Å². The van der Waals surface area contributed by atoms with Crippen molar-refractivity contribution in [3.8, 4) is 0 Å². The van der Waals surface area contributed by atoms with Crippen molar-refractivity contribution >= 4 is 38.9 Å². The van der Waals surface area contributed by atoms with E-state index in [1.807, 2.05) is 6.92 Å². The quantitative estimate of drug-likeness (QED) is 0.611. The Hall–Kier alpha value is -2.84. The normalized spacial score (nSPS) is 11.3. The molecule has 0 saturated carbocycles. The summed E-state index contributed by atoms with van der Waals surface area (Å²) in [5, 5.41) is 6.45. The summed E-state index contributed by atoms with van der Waals surface area (Å²) in [6.07, 6.45) is 1.31.